The van der Waals surface area contributed by atoms with E-state index in [0.717, 1.165) is 0 Å². The van der Waals surface area contributed by atoms with Gasteiger partial charge in [0, 0.05) is 17.6 Å². The lowest BCUT2D eigenvalue weighted by Gasteiger charge is -2.28. The van der Waals surface area contributed by atoms with Crippen molar-refractivity contribution in [2.45, 2.75) is 19.8 Å². The van der Waals surface area contributed by atoms with Crippen LogP contribution in [0.3, 0.4) is 0 Å². The Morgan fingerprint density at radius 3 is 2.05 bits per heavy atom. The van der Waals surface area contributed by atoms with E-state index in [1.807, 2.05) is 0 Å². The number of rotatable bonds is 3. The van der Waals surface area contributed by atoms with Gasteiger partial charge in [-0.3, -0.25) is 0 Å². The first-order valence-electron chi connectivity index (χ1n) is 6.64. The predicted molar refractivity (Wildman–Crippen MR) is 77.3 cm³/mol. The molecule has 0 spiro atoms. The van der Waals surface area contributed by atoms with Gasteiger partial charge in [-0.25, -0.2) is 9.59 Å². The molecule has 7 nitrogen and oxygen atoms in total. The Balaban J connectivity index is 2.66. The van der Waals surface area contributed by atoms with Crippen LogP contribution in [0.1, 0.15) is 25.5 Å². The first kappa shape index (κ1) is 15.7. The molecule has 0 amide bonds. The summed E-state index contributed by atoms with van der Waals surface area (Å²) in [5, 5.41) is 10.9. The first-order valence-corrected chi connectivity index (χ1v) is 6.64. The van der Waals surface area contributed by atoms with Crippen molar-refractivity contribution in [1.82, 2.24) is 15.5 Å². The predicted octanol–water partition coefficient (Wildman–Crippen LogP) is 1.06. The fourth-order valence-electron chi connectivity index (χ4n) is 2.52. The van der Waals surface area contributed by atoms with Gasteiger partial charge in [-0.15, -0.1) is 0 Å². The van der Waals surface area contributed by atoms with Crippen LogP contribution < -0.4 is 5.32 Å². The van der Waals surface area contributed by atoms with Gasteiger partial charge in [0.2, 0.25) is 0 Å². The third-order valence-electron chi connectivity index (χ3n) is 3.46. The lowest BCUT2D eigenvalue weighted by atomic mass is 9.83. The summed E-state index contributed by atoms with van der Waals surface area (Å²) >= 11 is 0. The molecule has 0 radical (unpaired) electrons. The first-order chi connectivity index (χ1) is 10.5. The minimum Gasteiger partial charge on any atom is -0.466 e. The molecule has 0 saturated heterocycles. The van der Waals surface area contributed by atoms with E-state index in [2.05, 4.69) is 15.5 Å². The maximum Gasteiger partial charge on any atom is 0.336 e. The molecular formula is C15H17N3O4. The van der Waals surface area contributed by atoms with Gasteiger partial charge >= 0.3 is 11.9 Å². The van der Waals surface area contributed by atoms with Gasteiger partial charge in [0.15, 0.2) is 0 Å². The highest BCUT2D eigenvalue weighted by atomic mass is 16.5. The largest absolute Gasteiger partial charge is 0.466 e. The monoisotopic (exact) mass is 303 g/mol. The molecule has 0 atom stereocenters. The van der Waals surface area contributed by atoms with Crippen LogP contribution in [0.2, 0.25) is 0 Å². The van der Waals surface area contributed by atoms with Crippen LogP contribution in [0, 0.1) is 0 Å². The van der Waals surface area contributed by atoms with Crippen LogP contribution in [-0.2, 0) is 19.1 Å². The van der Waals surface area contributed by atoms with Crippen LogP contribution in [0.25, 0.3) is 0 Å². The zero-order valence-corrected chi connectivity index (χ0v) is 12.8. The second kappa shape index (κ2) is 6.38. The summed E-state index contributed by atoms with van der Waals surface area (Å²) in [4.78, 5) is 24.4. The molecule has 2 rings (SSSR count). The van der Waals surface area contributed by atoms with Crippen molar-refractivity contribution in [3.63, 3.8) is 0 Å². The maximum absolute atomic E-state index is 12.2. The van der Waals surface area contributed by atoms with Gasteiger partial charge in [-0.05, 0) is 26.0 Å². The number of nitrogens with one attached hydrogen (secondary N) is 1. The zero-order chi connectivity index (χ0) is 16.3. The number of esters is 2. The molecule has 1 N–H and O–H groups in total. The van der Waals surface area contributed by atoms with Crippen LogP contribution >= 0.6 is 0 Å². The minimum atomic E-state index is -0.685. The van der Waals surface area contributed by atoms with Crippen molar-refractivity contribution >= 4 is 11.9 Å². The Morgan fingerprint density at radius 2 is 1.64 bits per heavy atom. The number of ether oxygens (including phenoxy) is 2. The number of nitrogens with zero attached hydrogens (tertiary/aromatic N) is 2. The number of methoxy groups -OCH3 is 2. The highest BCUT2D eigenvalue weighted by molar-refractivity contribution is 5.99. The van der Waals surface area contributed by atoms with E-state index in [1.54, 1.807) is 26.0 Å². The number of carbonyl (C=O) groups is 2. The van der Waals surface area contributed by atoms with E-state index in [9.17, 15) is 9.59 Å². The normalized spacial score (nSPS) is 15.5. The number of hydrogen-bond acceptors (Lipinski definition) is 7. The van der Waals surface area contributed by atoms with Crippen molar-refractivity contribution in [2.24, 2.45) is 0 Å². The highest BCUT2D eigenvalue weighted by Gasteiger charge is 2.38. The van der Waals surface area contributed by atoms with E-state index >= 15 is 0 Å². The molecule has 0 unspecified atom stereocenters. The summed E-state index contributed by atoms with van der Waals surface area (Å²) in [5.41, 5.74) is 2.31. The summed E-state index contributed by atoms with van der Waals surface area (Å²) in [6.07, 6.45) is 1.52. The number of hydrogen-bond donors (Lipinski definition) is 1. The van der Waals surface area contributed by atoms with E-state index in [-0.39, 0.29) is 0 Å². The average molecular weight is 303 g/mol. The summed E-state index contributed by atoms with van der Waals surface area (Å²) < 4.78 is 9.70. The lowest BCUT2D eigenvalue weighted by molar-refractivity contribution is -0.137. The average Bonchev–Trinajstić information content (AvgIpc) is 2.53. The highest BCUT2D eigenvalue weighted by Crippen LogP contribution is 2.37. The quantitative estimate of drug-likeness (QED) is 0.835. The Labute approximate surface area is 128 Å². The molecular weight excluding hydrogens is 286 g/mol. The van der Waals surface area contributed by atoms with Gasteiger partial charge in [-0.1, -0.05) is 0 Å². The second-order valence-corrected chi connectivity index (χ2v) is 4.77. The summed E-state index contributed by atoms with van der Waals surface area (Å²) in [6, 6.07) is 3.40. The van der Waals surface area contributed by atoms with Gasteiger partial charge < -0.3 is 14.8 Å². The van der Waals surface area contributed by atoms with Crippen LogP contribution in [0.4, 0.5) is 0 Å². The smallest absolute Gasteiger partial charge is 0.336 e. The maximum atomic E-state index is 12.2. The second-order valence-electron chi connectivity index (χ2n) is 4.77. The molecule has 0 aliphatic carbocycles. The topological polar surface area (TPSA) is 90.4 Å². The number of carbonyl (C=O) groups excluding carboxylic acids is 2. The van der Waals surface area contributed by atoms with Crippen LogP contribution in [0.15, 0.2) is 40.9 Å². The lowest BCUT2D eigenvalue weighted by Crippen LogP contribution is -2.32. The Bertz CT molecular complexity index is 627. The summed E-state index contributed by atoms with van der Waals surface area (Å²) in [6.45, 7) is 3.49. The SMILES string of the molecule is COC(=O)C1=C(C)NC(C)=C(C(=O)OC)C1c1cccnn1. The van der Waals surface area contributed by atoms with Gasteiger partial charge in [0.05, 0.1) is 37.0 Å². The molecule has 0 bridgehead atoms. The van der Waals surface area contributed by atoms with Gasteiger partial charge in [-0.2, -0.15) is 10.2 Å². The van der Waals surface area contributed by atoms with E-state index in [1.165, 1.54) is 20.4 Å². The number of allylic oxidation sites excluding steroid dienone is 2. The molecule has 1 aliphatic heterocycles. The van der Waals surface area contributed by atoms with E-state index < -0.39 is 17.9 Å². The number of dihydropyridines is 1. The molecule has 7 heteroatoms. The molecule has 2 heterocycles. The fourth-order valence-corrected chi connectivity index (χ4v) is 2.52. The van der Waals surface area contributed by atoms with Gasteiger partial charge in [0.1, 0.15) is 0 Å². The molecule has 1 aromatic rings. The molecule has 1 aliphatic rings. The molecule has 22 heavy (non-hydrogen) atoms. The van der Waals surface area contributed by atoms with Crippen LogP contribution in [-0.4, -0.2) is 36.4 Å². The van der Waals surface area contributed by atoms with Crippen molar-refractivity contribution < 1.29 is 19.1 Å². The Morgan fingerprint density at radius 1 is 1.09 bits per heavy atom. The third kappa shape index (κ3) is 2.69. The molecule has 1 aromatic heterocycles. The van der Waals surface area contributed by atoms with Crippen molar-refractivity contribution in [3.8, 4) is 0 Å². The summed E-state index contributed by atoms with van der Waals surface area (Å²) in [7, 11) is 2.58. The standard InChI is InChI=1S/C15H17N3O4/c1-8-11(14(19)21-3)13(10-6-5-7-16-18-10)12(9(2)17-8)15(20)22-4/h5-7,13,17H,1-4H3. The van der Waals surface area contributed by atoms with Crippen molar-refractivity contribution in [3.05, 3.63) is 46.6 Å². The van der Waals surface area contributed by atoms with E-state index in [4.69, 9.17) is 9.47 Å². The molecule has 0 aromatic carbocycles. The summed E-state index contributed by atoms with van der Waals surface area (Å²) in [5.74, 6) is -1.75. The van der Waals surface area contributed by atoms with E-state index in [0.29, 0.717) is 28.2 Å². The molecule has 0 fully saturated rings. The Kier molecular flexibility index (Phi) is 4.55. The fraction of sp³-hybridized carbons (Fsp3) is 0.333. The Hall–Kier alpha value is -2.70. The van der Waals surface area contributed by atoms with Gasteiger partial charge in [0.25, 0.3) is 0 Å². The third-order valence-corrected chi connectivity index (χ3v) is 3.46. The zero-order valence-electron chi connectivity index (χ0n) is 12.8. The van der Waals surface area contributed by atoms with Crippen molar-refractivity contribution in [2.75, 3.05) is 14.2 Å². The molecule has 0 saturated carbocycles. The van der Waals surface area contributed by atoms with Crippen LogP contribution in [0.5, 0.6) is 0 Å². The number of aromatic nitrogens is 2. The molecule has 116 valence electrons. The van der Waals surface area contributed by atoms with Crippen molar-refractivity contribution in [1.29, 1.82) is 0 Å². The minimum absolute atomic E-state index is 0.314.